The van der Waals surface area contributed by atoms with Crippen molar-refractivity contribution >= 4 is 47.1 Å². The molecule has 29 heavy (non-hydrogen) atoms. The zero-order chi connectivity index (χ0) is 21.3. The molecule has 2 aliphatic heterocycles. The van der Waals surface area contributed by atoms with Gasteiger partial charge in [-0.2, -0.15) is 8.42 Å². The van der Waals surface area contributed by atoms with E-state index in [4.69, 9.17) is 4.18 Å². The quantitative estimate of drug-likeness (QED) is 0.230. The molecule has 0 spiro atoms. The topological polar surface area (TPSA) is 142 Å². The van der Waals surface area contributed by atoms with E-state index in [0.29, 0.717) is 0 Å². The second kappa shape index (κ2) is 8.09. The molecule has 13 heteroatoms. The van der Waals surface area contributed by atoms with Gasteiger partial charge in [-0.1, -0.05) is 30.3 Å². The predicted octanol–water partition coefficient (Wildman–Crippen LogP) is -2.08. The van der Waals surface area contributed by atoms with Crippen LogP contribution in [0.3, 0.4) is 0 Å². The molecule has 2 aliphatic rings. The maximum atomic E-state index is 12.6. The number of fused-ring (bicyclic) bond motifs is 1. The molecule has 2 amide bonds. The fourth-order valence-electron chi connectivity index (χ4n) is 3.08. The lowest BCUT2D eigenvalue weighted by atomic mass is 10.0. The Morgan fingerprint density at radius 1 is 1.34 bits per heavy atom. The van der Waals surface area contributed by atoms with Crippen molar-refractivity contribution in [3.63, 3.8) is 0 Å². The van der Waals surface area contributed by atoms with Crippen LogP contribution >= 0.6 is 0 Å². The van der Waals surface area contributed by atoms with Crippen LogP contribution in [0.5, 0.6) is 0 Å². The third-order valence-corrected chi connectivity index (χ3v) is 6.32. The molecule has 1 fully saturated rings. The van der Waals surface area contributed by atoms with Crippen LogP contribution in [0.25, 0.3) is 0 Å². The molecule has 10 nitrogen and oxygen atoms in total. The molecule has 0 unspecified atom stereocenters. The van der Waals surface area contributed by atoms with E-state index in [1.54, 1.807) is 30.3 Å². The van der Waals surface area contributed by atoms with E-state index in [-0.39, 0.29) is 6.42 Å². The van der Waals surface area contributed by atoms with Gasteiger partial charge in [-0.25, -0.2) is 4.79 Å². The summed E-state index contributed by atoms with van der Waals surface area (Å²) in [6.45, 7) is 0. The average molecular weight is 440 g/mol. The highest BCUT2D eigenvalue weighted by Crippen LogP contribution is 2.37. The number of hydrogen-bond donors (Lipinski definition) is 1. The Kier molecular flexibility index (Phi) is 5.91. The summed E-state index contributed by atoms with van der Waals surface area (Å²) in [7, 11) is -2.98. The lowest BCUT2D eigenvalue weighted by Crippen LogP contribution is -2.75. The summed E-state index contributed by atoms with van der Waals surface area (Å²) in [5.41, 5.74) is 0.304. The Hall–Kier alpha value is -2.51. The fraction of sp³-hybridized carbons (Fsp3) is 0.312. The van der Waals surface area contributed by atoms with E-state index in [9.17, 15) is 27.4 Å². The Balaban J connectivity index is 1.82. The van der Waals surface area contributed by atoms with Gasteiger partial charge in [-0.05, 0) is 16.7 Å². The van der Waals surface area contributed by atoms with Crippen molar-refractivity contribution in [2.24, 2.45) is 0 Å². The Morgan fingerprint density at radius 2 is 2.00 bits per heavy atom. The lowest BCUT2D eigenvalue weighted by Gasteiger charge is -2.48. The molecule has 1 N–H and O–H groups in total. The van der Waals surface area contributed by atoms with Gasteiger partial charge in [0.1, 0.15) is 0 Å². The predicted molar refractivity (Wildman–Crippen MR) is 103 cm³/mol. The number of β-lactam (4-membered cyclic amide) rings is 1. The highest BCUT2D eigenvalue weighted by molar-refractivity contribution is 7.92. The molecule has 0 aliphatic carbocycles. The largest absolute Gasteiger partial charge is 0.614 e. The zero-order valence-electron chi connectivity index (χ0n) is 15.5. The first-order chi connectivity index (χ1) is 13.6. The normalized spacial score (nSPS) is 23.7. The maximum Gasteiger partial charge on any atom is 0.340 e. The van der Waals surface area contributed by atoms with Crippen LogP contribution in [0.2, 0.25) is 0 Å². The summed E-state index contributed by atoms with van der Waals surface area (Å²) < 4.78 is 44.9. The van der Waals surface area contributed by atoms with E-state index in [0.717, 1.165) is 24.8 Å². The third-order valence-electron chi connectivity index (χ3n) is 4.25. The first-order valence-electron chi connectivity index (χ1n) is 8.37. The Morgan fingerprint density at radius 3 is 2.59 bits per heavy atom. The van der Waals surface area contributed by atoms with Crippen molar-refractivity contribution in [3.8, 4) is 0 Å². The molecule has 0 radical (unpaired) electrons. The van der Waals surface area contributed by atoms with Gasteiger partial charge >= 0.3 is 24.1 Å². The first kappa shape index (κ1) is 21.2. The van der Waals surface area contributed by atoms with Crippen LogP contribution < -0.4 is 5.32 Å². The zero-order valence-corrected chi connectivity index (χ0v) is 17.1. The minimum Gasteiger partial charge on any atom is -0.614 e. The van der Waals surface area contributed by atoms with Gasteiger partial charge in [0.2, 0.25) is 11.3 Å². The summed E-state index contributed by atoms with van der Waals surface area (Å²) in [5, 5.41) is 1.50. The molecule has 0 bridgehead atoms. The van der Waals surface area contributed by atoms with E-state index < -0.39 is 67.7 Å². The number of amides is 2. The maximum absolute atomic E-state index is 12.6. The summed E-state index contributed by atoms with van der Waals surface area (Å²) in [6, 6.07) is 7.74. The van der Waals surface area contributed by atoms with Gasteiger partial charge < -0.3 is 18.7 Å². The first-order valence-corrected chi connectivity index (χ1v) is 11.6. The lowest BCUT2D eigenvalue weighted by molar-refractivity contribution is -0.150. The number of hydrogen-bond acceptors (Lipinski definition) is 8. The second-order valence-electron chi connectivity index (χ2n) is 6.38. The minimum absolute atomic E-state index is 0.0200. The molecule has 1 aromatic carbocycles. The summed E-state index contributed by atoms with van der Waals surface area (Å²) in [4.78, 5) is 37.9. The van der Waals surface area contributed by atoms with Gasteiger partial charge in [0.25, 0.3) is 5.91 Å². The van der Waals surface area contributed by atoms with Crippen molar-refractivity contribution in [1.29, 1.82) is 0 Å². The van der Waals surface area contributed by atoms with E-state index in [1.807, 2.05) is 0 Å². The fourth-order valence-corrected chi connectivity index (χ4v) is 5.22. The minimum atomic E-state index is -4.03. The van der Waals surface area contributed by atoms with Crippen molar-refractivity contribution in [3.05, 3.63) is 47.4 Å². The molecule has 2 heterocycles. The number of nitrogens with zero attached hydrogens (tertiary/aromatic N) is 1. The molecule has 154 valence electrons. The molecule has 3 atom stereocenters. The Labute approximate surface area is 171 Å². The van der Waals surface area contributed by atoms with Crippen LogP contribution in [-0.2, 0) is 50.9 Å². The summed E-state index contributed by atoms with van der Waals surface area (Å²) in [6.07, 6.45) is 0.778. The number of nitrogens with one attached hydrogen (secondary N) is 1. The van der Waals surface area contributed by atoms with Gasteiger partial charge in [-0.15, -0.1) is 0 Å². The molecule has 1 aromatic rings. The molecular weight excluding hydrogens is 423 g/mol. The highest BCUT2D eigenvalue weighted by atomic mass is 32.2. The van der Waals surface area contributed by atoms with E-state index >= 15 is 0 Å². The second-order valence-corrected chi connectivity index (χ2v) is 9.49. The average Bonchev–Trinajstić information content (AvgIpc) is 2.65. The molecule has 3 rings (SSSR count). The van der Waals surface area contributed by atoms with Crippen molar-refractivity contribution in [1.82, 2.24) is 10.2 Å². The number of carbonyl (C=O) groups excluding carboxylic acids is 3. The summed E-state index contributed by atoms with van der Waals surface area (Å²) >= 11 is -1.81. The molecule has 1 saturated heterocycles. The number of rotatable bonds is 6. The Bertz CT molecular complexity index is 982. The van der Waals surface area contributed by atoms with Crippen molar-refractivity contribution < 1.29 is 36.2 Å². The van der Waals surface area contributed by atoms with Crippen molar-refractivity contribution in [2.75, 3.05) is 12.0 Å². The van der Waals surface area contributed by atoms with Crippen LogP contribution in [0, 0.1) is 0 Å². The number of benzene rings is 1. The van der Waals surface area contributed by atoms with Crippen LogP contribution in [0.1, 0.15) is 5.56 Å². The monoisotopic (exact) mass is 440 g/mol. The van der Waals surface area contributed by atoms with Gasteiger partial charge in [0.05, 0.1) is 12.7 Å². The SMILES string of the molecule is BOC(=O)C1=C(OS(C)(=O)=O)C[S@+]([O-])[C@@H]2[C@H](NC(=O)Cc3ccccc3)C(=O)N12. The summed E-state index contributed by atoms with van der Waals surface area (Å²) in [5.74, 6) is -3.02. The van der Waals surface area contributed by atoms with Crippen LogP contribution in [0.15, 0.2) is 41.8 Å². The highest BCUT2D eigenvalue weighted by Gasteiger charge is 2.62. The molecular formula is C16H17BN2O8S2. The molecule has 0 saturated carbocycles. The van der Waals surface area contributed by atoms with E-state index in [2.05, 4.69) is 9.97 Å². The third kappa shape index (κ3) is 4.41. The van der Waals surface area contributed by atoms with Crippen molar-refractivity contribution in [2.45, 2.75) is 17.8 Å². The van der Waals surface area contributed by atoms with Crippen LogP contribution in [-0.4, -0.2) is 67.1 Å². The van der Waals surface area contributed by atoms with Crippen LogP contribution in [0.4, 0.5) is 0 Å². The smallest absolute Gasteiger partial charge is 0.340 e. The van der Waals surface area contributed by atoms with E-state index in [1.165, 1.54) is 0 Å². The number of carbonyl (C=O) groups is 3. The van der Waals surface area contributed by atoms with Gasteiger partial charge in [0, 0.05) is 0 Å². The van der Waals surface area contributed by atoms with Gasteiger partial charge in [0.15, 0.2) is 23.3 Å². The molecule has 0 aromatic heterocycles. The van der Waals surface area contributed by atoms with Gasteiger partial charge in [-0.3, -0.25) is 14.5 Å². The standard InChI is InChI=1S/C16H17BN2O8S2/c1-29(24,25)27-10-8-28(23)15-12(14(21)19(15)13(10)16(22)26-17)18-11(20)7-9-5-3-2-4-6-9/h2-6,12,15H,7-8,17H2,1H3,(H,18,20)/t12-,15-,28+/m1/s1.